The Balaban J connectivity index is 2.23. The summed E-state index contributed by atoms with van der Waals surface area (Å²) in [6.07, 6.45) is 0.771. The van der Waals surface area contributed by atoms with E-state index < -0.39 is 0 Å². The highest BCUT2D eigenvalue weighted by Crippen LogP contribution is 2.23. The minimum absolute atomic E-state index is 0.0808. The van der Waals surface area contributed by atoms with Gasteiger partial charge in [0.2, 0.25) is 0 Å². The molecule has 4 nitrogen and oxygen atoms in total. The molecule has 0 bridgehead atoms. The predicted octanol–water partition coefficient (Wildman–Crippen LogP) is 1.83. The maximum absolute atomic E-state index is 12.8. The van der Waals surface area contributed by atoms with Crippen LogP contribution in [0.3, 0.4) is 0 Å². The van der Waals surface area contributed by atoms with Gasteiger partial charge in [-0.25, -0.2) is 0 Å². The fourth-order valence-corrected chi connectivity index (χ4v) is 2.78. The molecule has 1 aliphatic heterocycles. The number of carbonyl (C=O) groups is 1. The summed E-state index contributed by atoms with van der Waals surface area (Å²) in [5, 5.41) is 0. The Morgan fingerprint density at radius 3 is 2.80 bits per heavy atom. The average Bonchev–Trinajstić information content (AvgIpc) is 2.44. The van der Waals surface area contributed by atoms with Crippen molar-refractivity contribution in [1.82, 2.24) is 4.90 Å². The van der Waals surface area contributed by atoms with Crippen LogP contribution in [-0.2, 0) is 11.2 Å². The second kappa shape index (κ2) is 5.94. The van der Waals surface area contributed by atoms with Crippen molar-refractivity contribution in [2.75, 3.05) is 19.6 Å². The van der Waals surface area contributed by atoms with Crippen molar-refractivity contribution in [1.29, 1.82) is 0 Å². The predicted molar refractivity (Wildman–Crippen MR) is 79.7 cm³/mol. The lowest BCUT2D eigenvalue weighted by Crippen LogP contribution is -2.56. The van der Waals surface area contributed by atoms with E-state index in [1.54, 1.807) is 0 Å². The molecule has 0 saturated carbocycles. The fraction of sp³-hybridized carbons (Fsp3) is 0.562. The third-order valence-corrected chi connectivity index (χ3v) is 3.66. The lowest BCUT2D eigenvalue weighted by molar-refractivity contribution is -0.122. The van der Waals surface area contributed by atoms with Gasteiger partial charge in [-0.05, 0) is 31.9 Å². The second-order valence-electron chi connectivity index (χ2n) is 5.93. The number of carbonyl (C=O) groups excluding carboxylic acids is 1. The maximum atomic E-state index is 12.8. The highest BCUT2D eigenvalue weighted by molar-refractivity contribution is 5.95. The highest BCUT2D eigenvalue weighted by atomic mass is 16.5. The van der Waals surface area contributed by atoms with Gasteiger partial charge in [0.1, 0.15) is 0 Å². The molecule has 1 saturated heterocycles. The normalized spacial score (nSPS) is 21.8. The van der Waals surface area contributed by atoms with Gasteiger partial charge in [0, 0.05) is 25.2 Å². The first-order chi connectivity index (χ1) is 9.46. The van der Waals surface area contributed by atoms with Crippen LogP contribution in [0.2, 0.25) is 0 Å². The van der Waals surface area contributed by atoms with Crippen LogP contribution in [-0.4, -0.2) is 42.1 Å². The average molecular weight is 276 g/mol. The van der Waals surface area contributed by atoms with Crippen LogP contribution in [0.4, 0.5) is 0 Å². The van der Waals surface area contributed by atoms with E-state index in [-0.39, 0.29) is 17.6 Å². The first kappa shape index (κ1) is 15.0. The summed E-state index contributed by atoms with van der Waals surface area (Å²) in [7, 11) is 0. The van der Waals surface area contributed by atoms with Gasteiger partial charge in [0.15, 0.2) is 0 Å². The van der Waals surface area contributed by atoms with Gasteiger partial charge in [-0.2, -0.15) is 0 Å². The zero-order valence-electron chi connectivity index (χ0n) is 12.6. The van der Waals surface area contributed by atoms with Crippen molar-refractivity contribution < 1.29 is 9.53 Å². The molecule has 1 amide bonds. The largest absolute Gasteiger partial charge is 0.367 e. The summed E-state index contributed by atoms with van der Waals surface area (Å²) in [5.41, 5.74) is 7.25. The molecular weight excluding hydrogens is 252 g/mol. The standard InChI is InChI=1S/C16H24N2O2/c1-4-12-7-5-6-8-14(12)15(19)18-10-13(9-17)20-16(2,3)11-18/h5-8,13H,4,9-11,17H2,1-3H3. The van der Waals surface area contributed by atoms with E-state index >= 15 is 0 Å². The lowest BCUT2D eigenvalue weighted by atomic mass is 10.0. The highest BCUT2D eigenvalue weighted by Gasteiger charge is 2.35. The molecule has 2 N–H and O–H groups in total. The third kappa shape index (κ3) is 3.19. The molecule has 2 rings (SSSR count). The van der Waals surface area contributed by atoms with Crippen LogP contribution in [0.5, 0.6) is 0 Å². The Bertz CT molecular complexity index is 485. The van der Waals surface area contributed by atoms with Crippen molar-refractivity contribution in [3.05, 3.63) is 35.4 Å². The number of nitrogens with zero attached hydrogens (tertiary/aromatic N) is 1. The quantitative estimate of drug-likeness (QED) is 0.916. The van der Waals surface area contributed by atoms with E-state index in [9.17, 15) is 4.79 Å². The van der Waals surface area contributed by atoms with Crippen LogP contribution >= 0.6 is 0 Å². The molecule has 110 valence electrons. The Hall–Kier alpha value is -1.39. The van der Waals surface area contributed by atoms with Gasteiger partial charge in [0.05, 0.1) is 11.7 Å². The van der Waals surface area contributed by atoms with Crippen molar-refractivity contribution in [2.24, 2.45) is 5.73 Å². The minimum Gasteiger partial charge on any atom is -0.367 e. The number of hydrogen-bond donors (Lipinski definition) is 1. The first-order valence-electron chi connectivity index (χ1n) is 7.22. The van der Waals surface area contributed by atoms with E-state index in [0.29, 0.717) is 19.6 Å². The summed E-state index contributed by atoms with van der Waals surface area (Å²) in [6, 6.07) is 7.81. The molecule has 1 aromatic carbocycles. The molecule has 1 aromatic rings. The number of aryl methyl sites for hydroxylation is 1. The van der Waals surface area contributed by atoms with Crippen molar-refractivity contribution in [3.63, 3.8) is 0 Å². The zero-order chi connectivity index (χ0) is 14.8. The van der Waals surface area contributed by atoms with Crippen LogP contribution in [0.1, 0.15) is 36.7 Å². The third-order valence-electron chi connectivity index (χ3n) is 3.66. The summed E-state index contributed by atoms with van der Waals surface area (Å²) < 4.78 is 5.88. The van der Waals surface area contributed by atoms with Gasteiger partial charge in [0.25, 0.3) is 5.91 Å². The van der Waals surface area contributed by atoms with E-state index in [1.807, 2.05) is 43.0 Å². The van der Waals surface area contributed by atoms with Crippen LogP contribution in [0.15, 0.2) is 24.3 Å². The summed E-state index contributed by atoms with van der Waals surface area (Å²) in [5.74, 6) is 0.0808. The topological polar surface area (TPSA) is 55.6 Å². The van der Waals surface area contributed by atoms with Crippen LogP contribution in [0, 0.1) is 0 Å². The van der Waals surface area contributed by atoms with Crippen molar-refractivity contribution in [3.8, 4) is 0 Å². The summed E-state index contributed by atoms with van der Waals surface area (Å²) in [4.78, 5) is 14.6. The molecule has 4 heteroatoms. The van der Waals surface area contributed by atoms with Crippen LogP contribution in [0.25, 0.3) is 0 Å². The number of ether oxygens (including phenoxy) is 1. The number of benzene rings is 1. The number of morpholine rings is 1. The van der Waals surface area contributed by atoms with E-state index in [1.165, 1.54) is 0 Å². The molecule has 1 unspecified atom stereocenters. The van der Waals surface area contributed by atoms with Gasteiger partial charge in [-0.1, -0.05) is 25.1 Å². The van der Waals surface area contributed by atoms with Gasteiger partial charge >= 0.3 is 0 Å². The first-order valence-corrected chi connectivity index (χ1v) is 7.22. The summed E-state index contributed by atoms with van der Waals surface area (Å²) in [6.45, 7) is 7.67. The molecule has 1 aliphatic rings. The maximum Gasteiger partial charge on any atom is 0.254 e. The number of nitrogens with two attached hydrogens (primary N) is 1. The zero-order valence-corrected chi connectivity index (χ0v) is 12.6. The number of rotatable bonds is 3. The molecule has 1 fully saturated rings. The monoisotopic (exact) mass is 276 g/mol. The van der Waals surface area contributed by atoms with Crippen molar-refractivity contribution in [2.45, 2.75) is 38.9 Å². The van der Waals surface area contributed by atoms with Crippen LogP contribution < -0.4 is 5.73 Å². The Morgan fingerprint density at radius 2 is 2.15 bits per heavy atom. The SMILES string of the molecule is CCc1ccccc1C(=O)N1CC(CN)OC(C)(C)C1. The number of amides is 1. The van der Waals surface area contributed by atoms with Crippen molar-refractivity contribution >= 4 is 5.91 Å². The molecule has 0 aliphatic carbocycles. The Kier molecular flexibility index (Phi) is 4.45. The van der Waals surface area contributed by atoms with Gasteiger partial charge < -0.3 is 15.4 Å². The van der Waals surface area contributed by atoms with E-state index in [2.05, 4.69) is 6.92 Å². The lowest BCUT2D eigenvalue weighted by Gasteiger charge is -2.42. The van der Waals surface area contributed by atoms with Gasteiger partial charge in [-0.3, -0.25) is 4.79 Å². The van der Waals surface area contributed by atoms with Gasteiger partial charge in [-0.15, -0.1) is 0 Å². The smallest absolute Gasteiger partial charge is 0.254 e. The molecule has 20 heavy (non-hydrogen) atoms. The summed E-state index contributed by atoms with van der Waals surface area (Å²) >= 11 is 0. The van der Waals surface area contributed by atoms with E-state index in [4.69, 9.17) is 10.5 Å². The minimum atomic E-state index is -0.348. The Labute approximate surface area is 120 Å². The van der Waals surface area contributed by atoms with E-state index in [0.717, 1.165) is 17.5 Å². The molecular formula is C16H24N2O2. The Morgan fingerprint density at radius 1 is 1.45 bits per heavy atom. The molecule has 1 atom stereocenters. The molecule has 0 aromatic heterocycles. The number of hydrogen-bond acceptors (Lipinski definition) is 3. The second-order valence-corrected chi connectivity index (χ2v) is 5.93. The fourth-order valence-electron chi connectivity index (χ4n) is 2.78. The molecule has 1 heterocycles. The molecule has 0 radical (unpaired) electrons. The molecule has 0 spiro atoms.